The number of carbonyl (C=O) groups is 1. The maximum absolute atomic E-state index is 13.6. The van der Waals surface area contributed by atoms with E-state index in [0.29, 0.717) is 0 Å². The van der Waals surface area contributed by atoms with Crippen LogP contribution >= 0.6 is 11.6 Å². The van der Waals surface area contributed by atoms with Gasteiger partial charge in [0.15, 0.2) is 0 Å². The third-order valence-corrected chi connectivity index (χ3v) is 3.37. The van der Waals surface area contributed by atoms with Gasteiger partial charge >= 0.3 is 5.97 Å². The van der Waals surface area contributed by atoms with E-state index < -0.39 is 16.7 Å². The van der Waals surface area contributed by atoms with Crippen molar-refractivity contribution in [1.82, 2.24) is 0 Å². The SMILES string of the molecule is O=C(O)CCN(c1cc(F)c(Cl)cc1[N+](=O)[O-])C1CC1. The van der Waals surface area contributed by atoms with Crippen molar-refractivity contribution in [2.24, 2.45) is 0 Å². The Hall–Kier alpha value is -1.89. The highest BCUT2D eigenvalue weighted by molar-refractivity contribution is 6.31. The van der Waals surface area contributed by atoms with Gasteiger partial charge in [-0.25, -0.2) is 4.39 Å². The Morgan fingerprint density at radius 3 is 2.70 bits per heavy atom. The minimum absolute atomic E-state index is 0.0219. The second-order valence-electron chi connectivity index (χ2n) is 4.58. The largest absolute Gasteiger partial charge is 0.481 e. The number of carboxylic acid groups (broad SMARTS) is 1. The van der Waals surface area contributed by atoms with Crippen LogP contribution < -0.4 is 4.90 Å². The van der Waals surface area contributed by atoms with Crippen LogP contribution in [0.15, 0.2) is 12.1 Å². The predicted octanol–water partition coefficient (Wildman–Crippen LogP) is 2.83. The molecule has 0 bridgehead atoms. The summed E-state index contributed by atoms with van der Waals surface area (Å²) in [5.41, 5.74) is -0.227. The fraction of sp³-hybridized carbons (Fsp3) is 0.417. The summed E-state index contributed by atoms with van der Waals surface area (Å²) in [5.74, 6) is -1.76. The average molecular weight is 303 g/mol. The van der Waals surface area contributed by atoms with Crippen molar-refractivity contribution in [3.63, 3.8) is 0 Å². The van der Waals surface area contributed by atoms with Crippen molar-refractivity contribution in [3.05, 3.63) is 33.1 Å². The fourth-order valence-corrected chi connectivity index (χ4v) is 2.16. The van der Waals surface area contributed by atoms with Crippen LogP contribution in [0.2, 0.25) is 5.02 Å². The lowest BCUT2D eigenvalue weighted by Gasteiger charge is -2.23. The van der Waals surface area contributed by atoms with E-state index >= 15 is 0 Å². The van der Waals surface area contributed by atoms with Gasteiger partial charge in [0.05, 0.1) is 16.4 Å². The molecule has 1 fully saturated rings. The van der Waals surface area contributed by atoms with E-state index in [1.807, 2.05) is 0 Å². The summed E-state index contributed by atoms with van der Waals surface area (Å²) in [6.45, 7) is 0.0991. The zero-order valence-corrected chi connectivity index (χ0v) is 11.1. The molecule has 6 nitrogen and oxygen atoms in total. The number of carboxylic acids is 1. The first-order valence-corrected chi connectivity index (χ1v) is 6.40. The van der Waals surface area contributed by atoms with Crippen LogP contribution in [0.25, 0.3) is 0 Å². The second-order valence-corrected chi connectivity index (χ2v) is 4.99. The zero-order chi connectivity index (χ0) is 14.9. The lowest BCUT2D eigenvalue weighted by molar-refractivity contribution is -0.384. The summed E-state index contributed by atoms with van der Waals surface area (Å²) in [5, 5.41) is 19.5. The van der Waals surface area contributed by atoms with Gasteiger partial charge in [0.25, 0.3) is 5.69 Å². The topological polar surface area (TPSA) is 83.7 Å². The van der Waals surface area contributed by atoms with Gasteiger partial charge in [0.2, 0.25) is 0 Å². The molecule has 0 aliphatic heterocycles. The molecule has 1 saturated carbocycles. The molecule has 8 heteroatoms. The molecule has 108 valence electrons. The molecule has 0 aromatic heterocycles. The van der Waals surface area contributed by atoms with Crippen LogP contribution in [0.1, 0.15) is 19.3 Å². The van der Waals surface area contributed by atoms with Crippen molar-refractivity contribution in [3.8, 4) is 0 Å². The fourth-order valence-electron chi connectivity index (χ4n) is 2.00. The molecule has 0 heterocycles. The van der Waals surface area contributed by atoms with Crippen LogP contribution in [0.3, 0.4) is 0 Å². The van der Waals surface area contributed by atoms with Crippen LogP contribution in [-0.2, 0) is 4.79 Å². The summed E-state index contributed by atoms with van der Waals surface area (Å²) in [6.07, 6.45) is 1.44. The highest BCUT2D eigenvalue weighted by atomic mass is 35.5. The Morgan fingerprint density at radius 1 is 1.55 bits per heavy atom. The van der Waals surface area contributed by atoms with E-state index in [1.54, 1.807) is 4.90 Å². The standard InChI is InChI=1S/C12H12ClFN2O4/c13-8-5-11(16(19)20)10(6-9(8)14)15(7-1-2-7)4-3-12(17)18/h5-7H,1-4H2,(H,17,18). The van der Waals surface area contributed by atoms with Crippen LogP contribution in [0.4, 0.5) is 15.8 Å². The first-order chi connectivity index (χ1) is 9.40. The Bertz CT molecular complexity index is 563. The molecule has 1 aromatic rings. The molecule has 1 N–H and O–H groups in total. The normalized spacial score (nSPS) is 14.1. The number of hydrogen-bond acceptors (Lipinski definition) is 4. The number of anilines is 1. The van der Waals surface area contributed by atoms with Gasteiger partial charge in [-0.05, 0) is 12.8 Å². The molecule has 1 aliphatic carbocycles. The number of hydrogen-bond donors (Lipinski definition) is 1. The van der Waals surface area contributed by atoms with Gasteiger partial charge in [0.1, 0.15) is 11.5 Å². The van der Waals surface area contributed by atoms with Gasteiger partial charge in [-0.15, -0.1) is 0 Å². The quantitative estimate of drug-likeness (QED) is 0.645. The van der Waals surface area contributed by atoms with E-state index in [4.69, 9.17) is 16.7 Å². The molecule has 1 aliphatic rings. The van der Waals surface area contributed by atoms with E-state index in [9.17, 15) is 19.3 Å². The number of aliphatic carboxylic acids is 1. The highest BCUT2D eigenvalue weighted by Crippen LogP contribution is 2.39. The number of benzene rings is 1. The Balaban J connectivity index is 2.38. The maximum atomic E-state index is 13.6. The van der Waals surface area contributed by atoms with Crippen molar-refractivity contribution in [2.45, 2.75) is 25.3 Å². The van der Waals surface area contributed by atoms with Crippen LogP contribution in [0.5, 0.6) is 0 Å². The maximum Gasteiger partial charge on any atom is 0.305 e. The molecule has 20 heavy (non-hydrogen) atoms. The molecule has 0 spiro atoms. The smallest absolute Gasteiger partial charge is 0.305 e. The average Bonchev–Trinajstić information content (AvgIpc) is 3.17. The van der Waals surface area contributed by atoms with Crippen LogP contribution in [0, 0.1) is 15.9 Å². The molecule has 0 unspecified atom stereocenters. The third kappa shape index (κ3) is 3.16. The van der Waals surface area contributed by atoms with Crippen molar-refractivity contribution < 1.29 is 19.2 Å². The van der Waals surface area contributed by atoms with Crippen molar-refractivity contribution >= 4 is 28.9 Å². The number of nitro benzene ring substituents is 1. The Kier molecular flexibility index (Phi) is 4.08. The van der Waals surface area contributed by atoms with E-state index in [1.165, 1.54) is 0 Å². The van der Waals surface area contributed by atoms with Crippen molar-refractivity contribution in [1.29, 1.82) is 0 Å². The summed E-state index contributed by atoms with van der Waals surface area (Å²) in [7, 11) is 0. The number of nitrogens with zero attached hydrogens (tertiary/aromatic N) is 2. The number of nitro groups is 1. The van der Waals surface area contributed by atoms with Gasteiger partial charge in [-0.3, -0.25) is 14.9 Å². The highest BCUT2D eigenvalue weighted by Gasteiger charge is 2.34. The number of halogens is 2. The zero-order valence-electron chi connectivity index (χ0n) is 10.4. The van der Waals surface area contributed by atoms with Crippen molar-refractivity contribution in [2.75, 3.05) is 11.4 Å². The summed E-state index contributed by atoms with van der Waals surface area (Å²) in [6, 6.07) is 1.98. The lowest BCUT2D eigenvalue weighted by atomic mass is 10.2. The Morgan fingerprint density at radius 2 is 2.20 bits per heavy atom. The molecule has 0 radical (unpaired) electrons. The third-order valence-electron chi connectivity index (χ3n) is 3.08. The molecule has 1 aromatic carbocycles. The number of rotatable bonds is 6. The summed E-state index contributed by atoms with van der Waals surface area (Å²) in [4.78, 5) is 22.6. The first kappa shape index (κ1) is 14.5. The summed E-state index contributed by atoms with van der Waals surface area (Å²) >= 11 is 5.57. The Labute approximate surface area is 118 Å². The van der Waals surface area contributed by atoms with E-state index in [-0.39, 0.29) is 35.4 Å². The molecule has 2 rings (SSSR count). The predicted molar refractivity (Wildman–Crippen MR) is 70.7 cm³/mol. The molecule has 0 amide bonds. The molecular weight excluding hydrogens is 291 g/mol. The second kappa shape index (κ2) is 5.62. The minimum Gasteiger partial charge on any atom is -0.481 e. The minimum atomic E-state index is -1.01. The van der Waals surface area contributed by atoms with E-state index in [2.05, 4.69) is 0 Å². The molecule has 0 atom stereocenters. The molecule has 0 saturated heterocycles. The van der Waals surface area contributed by atoms with Gasteiger partial charge < -0.3 is 10.0 Å². The first-order valence-electron chi connectivity index (χ1n) is 6.02. The van der Waals surface area contributed by atoms with E-state index in [0.717, 1.165) is 25.0 Å². The van der Waals surface area contributed by atoms with Gasteiger partial charge in [-0.2, -0.15) is 0 Å². The molecular formula is C12H12ClFN2O4. The van der Waals surface area contributed by atoms with Gasteiger partial charge in [-0.1, -0.05) is 11.6 Å². The summed E-state index contributed by atoms with van der Waals surface area (Å²) < 4.78 is 13.6. The van der Waals surface area contributed by atoms with Gasteiger partial charge in [0, 0.05) is 24.7 Å². The van der Waals surface area contributed by atoms with Crippen LogP contribution in [-0.4, -0.2) is 28.6 Å². The lowest BCUT2D eigenvalue weighted by Crippen LogP contribution is -2.29. The monoisotopic (exact) mass is 302 g/mol.